The first kappa shape index (κ1) is 14.6. The smallest absolute Gasteiger partial charge is 0.323 e. The topological polar surface area (TPSA) is 75.5 Å². The Balaban J connectivity index is 2.28. The Bertz CT molecular complexity index is 473. The van der Waals surface area contributed by atoms with Gasteiger partial charge in [0.2, 0.25) is 5.88 Å². The van der Waals surface area contributed by atoms with E-state index in [9.17, 15) is 4.79 Å². The Labute approximate surface area is 118 Å². The van der Waals surface area contributed by atoms with E-state index in [1.165, 1.54) is 0 Å². The molecule has 0 spiro atoms. The van der Waals surface area contributed by atoms with Crippen molar-refractivity contribution in [1.82, 2.24) is 9.97 Å². The number of carboxylic acid groups (broad SMARTS) is 1. The molecular formula is C14H21N3O3. The number of aliphatic carboxylic acids is 1. The summed E-state index contributed by atoms with van der Waals surface area (Å²) in [5, 5.41) is 9.13. The maximum absolute atomic E-state index is 11.1. The summed E-state index contributed by atoms with van der Waals surface area (Å²) in [5.41, 5.74) is 0. The highest BCUT2D eigenvalue weighted by Crippen LogP contribution is 2.28. The third kappa shape index (κ3) is 3.59. The monoisotopic (exact) mass is 279 g/mol. The van der Waals surface area contributed by atoms with Gasteiger partial charge < -0.3 is 14.7 Å². The highest BCUT2D eigenvalue weighted by molar-refractivity contribution is 5.73. The minimum atomic E-state index is -0.842. The number of ether oxygens (including phenoxy) is 1. The summed E-state index contributed by atoms with van der Waals surface area (Å²) in [6.45, 7) is 4.17. The third-order valence-corrected chi connectivity index (χ3v) is 3.46. The summed E-state index contributed by atoms with van der Waals surface area (Å²) in [7, 11) is 0. The van der Waals surface area contributed by atoms with Crippen LogP contribution in [0.25, 0.3) is 0 Å². The van der Waals surface area contributed by atoms with Crippen LogP contribution >= 0.6 is 0 Å². The lowest BCUT2D eigenvalue weighted by atomic mass is 10.2. The van der Waals surface area contributed by atoms with Crippen molar-refractivity contribution in [2.24, 2.45) is 0 Å². The largest absolute Gasteiger partial charge is 0.480 e. The fourth-order valence-electron chi connectivity index (χ4n) is 2.65. The van der Waals surface area contributed by atoms with Crippen molar-refractivity contribution in [2.45, 2.75) is 45.6 Å². The van der Waals surface area contributed by atoms with Crippen molar-refractivity contribution in [3.05, 3.63) is 11.9 Å². The van der Waals surface area contributed by atoms with Gasteiger partial charge in [-0.1, -0.05) is 12.8 Å². The lowest BCUT2D eigenvalue weighted by Crippen LogP contribution is -2.38. The van der Waals surface area contributed by atoms with Gasteiger partial charge in [0.25, 0.3) is 0 Å². The van der Waals surface area contributed by atoms with Gasteiger partial charge in [-0.15, -0.1) is 0 Å². The Hall–Kier alpha value is -1.85. The van der Waals surface area contributed by atoms with Crippen molar-refractivity contribution in [2.75, 3.05) is 18.1 Å². The second-order valence-electron chi connectivity index (χ2n) is 5.00. The fourth-order valence-corrected chi connectivity index (χ4v) is 2.65. The molecule has 20 heavy (non-hydrogen) atoms. The zero-order chi connectivity index (χ0) is 14.5. The van der Waals surface area contributed by atoms with E-state index in [1.54, 1.807) is 13.0 Å². The summed E-state index contributed by atoms with van der Waals surface area (Å²) < 4.78 is 5.42. The Morgan fingerprint density at radius 3 is 2.75 bits per heavy atom. The predicted octanol–water partition coefficient (Wildman–Crippen LogP) is 2.02. The van der Waals surface area contributed by atoms with Gasteiger partial charge in [-0.3, -0.25) is 4.79 Å². The van der Waals surface area contributed by atoms with E-state index < -0.39 is 5.97 Å². The van der Waals surface area contributed by atoms with Crippen LogP contribution in [-0.2, 0) is 4.79 Å². The highest BCUT2D eigenvalue weighted by Gasteiger charge is 2.26. The van der Waals surface area contributed by atoms with Crippen LogP contribution in [0.15, 0.2) is 6.07 Å². The molecule has 0 radical (unpaired) electrons. The fraction of sp³-hybridized carbons (Fsp3) is 0.643. The first-order chi connectivity index (χ1) is 9.60. The first-order valence-corrected chi connectivity index (χ1v) is 7.07. The quantitative estimate of drug-likeness (QED) is 0.858. The zero-order valence-electron chi connectivity index (χ0n) is 12.0. The Morgan fingerprint density at radius 2 is 2.15 bits per heavy atom. The molecule has 6 heteroatoms. The molecule has 1 aliphatic carbocycles. The molecule has 0 atom stereocenters. The Kier molecular flexibility index (Phi) is 4.76. The lowest BCUT2D eigenvalue weighted by Gasteiger charge is -2.28. The van der Waals surface area contributed by atoms with Crippen LogP contribution < -0.4 is 9.64 Å². The van der Waals surface area contributed by atoms with E-state index in [0.29, 0.717) is 24.1 Å². The molecule has 1 heterocycles. The molecular weight excluding hydrogens is 258 g/mol. The summed E-state index contributed by atoms with van der Waals surface area (Å²) in [6, 6.07) is 1.98. The summed E-state index contributed by atoms with van der Waals surface area (Å²) in [6.07, 6.45) is 4.31. The van der Waals surface area contributed by atoms with Gasteiger partial charge in [0.15, 0.2) is 0 Å². The van der Waals surface area contributed by atoms with Crippen molar-refractivity contribution >= 4 is 11.8 Å². The van der Waals surface area contributed by atoms with Gasteiger partial charge in [-0.2, -0.15) is 4.98 Å². The minimum Gasteiger partial charge on any atom is -0.480 e. The van der Waals surface area contributed by atoms with Gasteiger partial charge >= 0.3 is 5.97 Å². The molecule has 0 aliphatic heterocycles. The minimum absolute atomic E-state index is 0.0350. The number of anilines is 1. The predicted molar refractivity (Wildman–Crippen MR) is 75.2 cm³/mol. The van der Waals surface area contributed by atoms with Gasteiger partial charge in [0.05, 0.1) is 6.61 Å². The van der Waals surface area contributed by atoms with Gasteiger partial charge in [0, 0.05) is 12.1 Å². The average Bonchev–Trinajstić information content (AvgIpc) is 2.89. The van der Waals surface area contributed by atoms with Crippen LogP contribution in [-0.4, -0.2) is 40.2 Å². The summed E-state index contributed by atoms with van der Waals surface area (Å²) in [5.74, 6) is 0.907. The molecule has 0 aromatic carbocycles. The van der Waals surface area contributed by atoms with Gasteiger partial charge in [0.1, 0.15) is 18.2 Å². The summed E-state index contributed by atoms with van der Waals surface area (Å²) >= 11 is 0. The van der Waals surface area contributed by atoms with Crippen LogP contribution in [0.2, 0.25) is 0 Å². The molecule has 1 aromatic heterocycles. The number of hydrogen-bond acceptors (Lipinski definition) is 5. The normalized spacial score (nSPS) is 15.3. The number of rotatable bonds is 6. The van der Waals surface area contributed by atoms with Crippen molar-refractivity contribution in [1.29, 1.82) is 0 Å². The second kappa shape index (κ2) is 6.54. The van der Waals surface area contributed by atoms with Crippen LogP contribution in [0.3, 0.4) is 0 Å². The van der Waals surface area contributed by atoms with Crippen LogP contribution in [0, 0.1) is 6.92 Å². The number of nitrogens with zero attached hydrogens (tertiary/aromatic N) is 3. The molecule has 1 aliphatic rings. The van der Waals surface area contributed by atoms with E-state index >= 15 is 0 Å². The van der Waals surface area contributed by atoms with Gasteiger partial charge in [-0.25, -0.2) is 4.98 Å². The standard InChI is InChI=1S/C14H21N3O3/c1-3-20-13-8-12(15-10(2)16-13)17(9-14(18)19)11-6-4-5-7-11/h8,11H,3-7,9H2,1-2H3,(H,18,19). The molecule has 6 nitrogen and oxygen atoms in total. The molecule has 0 unspecified atom stereocenters. The molecule has 2 rings (SSSR count). The molecule has 1 saturated carbocycles. The van der Waals surface area contributed by atoms with E-state index in [2.05, 4.69) is 9.97 Å². The zero-order valence-corrected chi connectivity index (χ0v) is 12.0. The lowest BCUT2D eigenvalue weighted by molar-refractivity contribution is -0.135. The second-order valence-corrected chi connectivity index (χ2v) is 5.00. The summed E-state index contributed by atoms with van der Waals surface area (Å²) in [4.78, 5) is 21.6. The first-order valence-electron chi connectivity index (χ1n) is 7.07. The van der Waals surface area contributed by atoms with E-state index in [-0.39, 0.29) is 12.6 Å². The number of aryl methyl sites for hydroxylation is 1. The molecule has 0 bridgehead atoms. The maximum Gasteiger partial charge on any atom is 0.323 e. The molecule has 110 valence electrons. The van der Waals surface area contributed by atoms with Crippen LogP contribution in [0.4, 0.5) is 5.82 Å². The number of aromatic nitrogens is 2. The van der Waals surface area contributed by atoms with Crippen molar-refractivity contribution in [3.8, 4) is 5.88 Å². The molecule has 0 amide bonds. The van der Waals surface area contributed by atoms with E-state index in [1.807, 2.05) is 11.8 Å². The third-order valence-electron chi connectivity index (χ3n) is 3.46. The highest BCUT2D eigenvalue weighted by atomic mass is 16.5. The molecule has 1 aromatic rings. The number of carbonyl (C=O) groups is 1. The SMILES string of the molecule is CCOc1cc(N(CC(=O)O)C2CCCC2)nc(C)n1. The van der Waals surface area contributed by atoms with Crippen LogP contribution in [0.1, 0.15) is 38.4 Å². The van der Waals surface area contributed by atoms with E-state index in [4.69, 9.17) is 9.84 Å². The van der Waals surface area contributed by atoms with Gasteiger partial charge in [-0.05, 0) is 26.7 Å². The molecule has 1 N–H and O–H groups in total. The maximum atomic E-state index is 11.1. The van der Waals surface area contributed by atoms with Crippen molar-refractivity contribution in [3.63, 3.8) is 0 Å². The van der Waals surface area contributed by atoms with E-state index in [0.717, 1.165) is 25.7 Å². The number of hydrogen-bond donors (Lipinski definition) is 1. The Morgan fingerprint density at radius 1 is 1.45 bits per heavy atom. The molecule has 1 fully saturated rings. The average molecular weight is 279 g/mol. The van der Waals surface area contributed by atoms with Crippen LogP contribution in [0.5, 0.6) is 5.88 Å². The molecule has 0 saturated heterocycles. The number of carboxylic acids is 1. The van der Waals surface area contributed by atoms with Crippen molar-refractivity contribution < 1.29 is 14.6 Å².